The molecular weight excluding hydrogens is 239 g/mol. The third-order valence-corrected chi connectivity index (χ3v) is 3.37. The monoisotopic (exact) mass is 264 g/mol. The Morgan fingerprint density at radius 2 is 1.68 bits per heavy atom. The van der Waals surface area contributed by atoms with Gasteiger partial charge in [0, 0.05) is 12.0 Å². The van der Waals surface area contributed by atoms with Crippen molar-refractivity contribution in [2.24, 2.45) is 0 Å². The van der Waals surface area contributed by atoms with E-state index >= 15 is 0 Å². The number of unbranched alkanes of at least 4 members (excludes halogenated alkanes) is 5. The van der Waals surface area contributed by atoms with Gasteiger partial charge in [-0.15, -0.1) is 0 Å². The average Bonchev–Trinajstić information content (AvgIpc) is 2.43. The highest BCUT2D eigenvalue weighted by molar-refractivity contribution is 5.96. The van der Waals surface area contributed by atoms with Crippen molar-refractivity contribution < 1.29 is 9.18 Å². The minimum absolute atomic E-state index is 0.0268. The molecule has 0 saturated heterocycles. The minimum Gasteiger partial charge on any atom is -0.294 e. The summed E-state index contributed by atoms with van der Waals surface area (Å²) in [5, 5.41) is 0. The van der Waals surface area contributed by atoms with Crippen molar-refractivity contribution in [1.82, 2.24) is 0 Å². The molecule has 0 aromatic heterocycles. The minimum atomic E-state index is -0.987. The summed E-state index contributed by atoms with van der Waals surface area (Å²) >= 11 is 0. The van der Waals surface area contributed by atoms with Crippen LogP contribution in [0.3, 0.4) is 0 Å². The van der Waals surface area contributed by atoms with Crippen LogP contribution in [-0.2, 0) is 0 Å². The van der Waals surface area contributed by atoms with E-state index in [1.807, 2.05) is 18.2 Å². The molecule has 0 fully saturated rings. The van der Waals surface area contributed by atoms with Crippen LogP contribution >= 0.6 is 0 Å². The van der Waals surface area contributed by atoms with E-state index in [0.29, 0.717) is 12.0 Å². The molecule has 0 spiro atoms. The molecule has 0 saturated carbocycles. The van der Waals surface area contributed by atoms with E-state index in [1.165, 1.54) is 25.7 Å². The zero-order valence-corrected chi connectivity index (χ0v) is 11.9. The molecule has 0 N–H and O–H groups in total. The van der Waals surface area contributed by atoms with Gasteiger partial charge in [-0.2, -0.15) is 0 Å². The van der Waals surface area contributed by atoms with Gasteiger partial charge in [0.05, 0.1) is 0 Å². The fourth-order valence-corrected chi connectivity index (χ4v) is 2.19. The first-order chi connectivity index (χ1) is 9.24. The van der Waals surface area contributed by atoms with Crippen LogP contribution < -0.4 is 0 Å². The van der Waals surface area contributed by atoms with Crippen molar-refractivity contribution in [3.05, 3.63) is 35.9 Å². The molecule has 19 heavy (non-hydrogen) atoms. The first-order valence-corrected chi connectivity index (χ1v) is 7.46. The Morgan fingerprint density at radius 1 is 1.05 bits per heavy atom. The number of Topliss-reactive ketones (excluding diaryl/α,β-unsaturated/α-hetero) is 1. The summed E-state index contributed by atoms with van der Waals surface area (Å²) in [4.78, 5) is 11.8. The Balaban J connectivity index is 2.14. The van der Waals surface area contributed by atoms with Crippen LogP contribution in [0.2, 0.25) is 0 Å². The van der Waals surface area contributed by atoms with Gasteiger partial charge < -0.3 is 0 Å². The van der Waals surface area contributed by atoms with Crippen LogP contribution in [0.4, 0.5) is 4.39 Å². The van der Waals surface area contributed by atoms with Gasteiger partial charge in [0.2, 0.25) is 0 Å². The standard InChI is InChI=1S/C17H25FO/c1-2-3-4-5-6-10-13-16(18)14-17(19)15-11-8-7-9-12-15/h7-9,11-12,16H,2-6,10,13-14H2,1H3. The van der Waals surface area contributed by atoms with Gasteiger partial charge in [-0.25, -0.2) is 4.39 Å². The molecule has 0 amide bonds. The Bertz CT molecular complexity index is 348. The molecule has 0 aliphatic carbocycles. The molecule has 1 aromatic carbocycles. The first kappa shape index (κ1) is 15.9. The van der Waals surface area contributed by atoms with Gasteiger partial charge in [0.1, 0.15) is 6.17 Å². The third-order valence-electron chi connectivity index (χ3n) is 3.37. The maximum atomic E-state index is 13.7. The van der Waals surface area contributed by atoms with Gasteiger partial charge >= 0.3 is 0 Å². The number of benzene rings is 1. The lowest BCUT2D eigenvalue weighted by Crippen LogP contribution is -2.09. The molecule has 1 aromatic rings. The van der Waals surface area contributed by atoms with Crippen LogP contribution in [0.1, 0.15) is 68.6 Å². The van der Waals surface area contributed by atoms with Crippen molar-refractivity contribution in [3.63, 3.8) is 0 Å². The molecule has 0 aliphatic rings. The summed E-state index contributed by atoms with van der Waals surface area (Å²) in [6, 6.07) is 8.99. The number of rotatable bonds is 10. The SMILES string of the molecule is CCCCCCCCC(F)CC(=O)c1ccccc1. The van der Waals surface area contributed by atoms with Gasteiger partial charge in [-0.05, 0) is 6.42 Å². The first-order valence-electron chi connectivity index (χ1n) is 7.46. The molecule has 0 radical (unpaired) electrons. The number of hydrogen-bond acceptors (Lipinski definition) is 1. The molecule has 106 valence electrons. The van der Waals surface area contributed by atoms with E-state index in [0.717, 1.165) is 12.8 Å². The number of alkyl halides is 1. The van der Waals surface area contributed by atoms with Gasteiger partial charge in [-0.1, -0.05) is 75.8 Å². The number of halogens is 1. The predicted octanol–water partition coefficient (Wildman–Crippen LogP) is 5.35. The molecule has 1 unspecified atom stereocenters. The molecule has 1 rings (SSSR count). The lowest BCUT2D eigenvalue weighted by molar-refractivity contribution is 0.0942. The zero-order chi connectivity index (χ0) is 13.9. The lowest BCUT2D eigenvalue weighted by atomic mass is 10.0. The Hall–Kier alpha value is -1.18. The largest absolute Gasteiger partial charge is 0.294 e. The second-order valence-corrected chi connectivity index (χ2v) is 5.15. The van der Waals surface area contributed by atoms with Crippen LogP contribution in [0.5, 0.6) is 0 Å². The average molecular weight is 264 g/mol. The smallest absolute Gasteiger partial charge is 0.165 e. The quantitative estimate of drug-likeness (QED) is 0.411. The van der Waals surface area contributed by atoms with E-state index in [4.69, 9.17) is 0 Å². The Kier molecular flexibility index (Phi) is 8.11. The van der Waals surface area contributed by atoms with Crippen LogP contribution in [0.25, 0.3) is 0 Å². The van der Waals surface area contributed by atoms with E-state index in [9.17, 15) is 9.18 Å². The second kappa shape index (κ2) is 9.71. The lowest BCUT2D eigenvalue weighted by Gasteiger charge is -2.07. The molecule has 1 nitrogen and oxygen atoms in total. The number of ketones is 1. The highest BCUT2D eigenvalue weighted by Crippen LogP contribution is 2.15. The molecule has 0 heterocycles. The molecule has 0 aliphatic heterocycles. The van der Waals surface area contributed by atoms with Gasteiger partial charge in [0.15, 0.2) is 5.78 Å². The van der Waals surface area contributed by atoms with Crippen molar-refractivity contribution in [3.8, 4) is 0 Å². The summed E-state index contributed by atoms with van der Waals surface area (Å²) in [5.74, 6) is -0.0842. The maximum absolute atomic E-state index is 13.7. The maximum Gasteiger partial charge on any atom is 0.165 e. The normalized spacial score (nSPS) is 12.3. The summed E-state index contributed by atoms with van der Waals surface area (Å²) in [6.45, 7) is 2.19. The molecule has 1 atom stereocenters. The van der Waals surface area contributed by atoms with Crippen LogP contribution in [0, 0.1) is 0 Å². The highest BCUT2D eigenvalue weighted by Gasteiger charge is 2.13. The van der Waals surface area contributed by atoms with Crippen LogP contribution in [0.15, 0.2) is 30.3 Å². The van der Waals surface area contributed by atoms with Crippen molar-refractivity contribution in [1.29, 1.82) is 0 Å². The zero-order valence-electron chi connectivity index (χ0n) is 11.9. The summed E-state index contributed by atoms with van der Waals surface area (Å²) in [7, 11) is 0. The number of carbonyl (C=O) groups is 1. The van der Waals surface area contributed by atoms with E-state index in [1.54, 1.807) is 12.1 Å². The van der Waals surface area contributed by atoms with E-state index in [-0.39, 0.29) is 12.2 Å². The van der Waals surface area contributed by atoms with E-state index < -0.39 is 6.17 Å². The highest BCUT2D eigenvalue weighted by atomic mass is 19.1. The third kappa shape index (κ3) is 7.09. The van der Waals surface area contributed by atoms with Crippen molar-refractivity contribution in [2.75, 3.05) is 0 Å². The van der Waals surface area contributed by atoms with Gasteiger partial charge in [0.25, 0.3) is 0 Å². The van der Waals surface area contributed by atoms with Gasteiger partial charge in [-0.3, -0.25) is 4.79 Å². The fraction of sp³-hybridized carbons (Fsp3) is 0.588. The second-order valence-electron chi connectivity index (χ2n) is 5.15. The number of hydrogen-bond donors (Lipinski definition) is 0. The molecular formula is C17H25FO. The van der Waals surface area contributed by atoms with E-state index in [2.05, 4.69) is 6.92 Å². The van der Waals surface area contributed by atoms with Crippen molar-refractivity contribution >= 4 is 5.78 Å². The Morgan fingerprint density at radius 3 is 2.37 bits per heavy atom. The summed E-state index contributed by atoms with van der Waals surface area (Å²) in [6.07, 6.45) is 6.47. The number of carbonyl (C=O) groups excluding carboxylic acids is 1. The van der Waals surface area contributed by atoms with Crippen molar-refractivity contribution in [2.45, 2.75) is 64.5 Å². The fourth-order valence-electron chi connectivity index (χ4n) is 2.19. The predicted molar refractivity (Wildman–Crippen MR) is 78.3 cm³/mol. The summed E-state index contributed by atoms with van der Waals surface area (Å²) < 4.78 is 13.7. The summed E-state index contributed by atoms with van der Waals surface area (Å²) in [5.41, 5.74) is 0.619. The topological polar surface area (TPSA) is 17.1 Å². The Labute approximate surface area is 116 Å². The molecule has 2 heteroatoms. The van der Waals surface area contributed by atoms with Crippen LogP contribution in [-0.4, -0.2) is 12.0 Å². The molecule has 0 bridgehead atoms.